The molecular weight excluding hydrogens is 362 g/mol. The predicted molar refractivity (Wildman–Crippen MR) is 97.3 cm³/mol. The van der Waals surface area contributed by atoms with Crippen LogP contribution in [0.4, 0.5) is 5.13 Å². The number of rotatable bonds is 3. The number of carbonyl (C=O) groups is 2. The van der Waals surface area contributed by atoms with Gasteiger partial charge in [0.05, 0.1) is 5.02 Å². The first kappa shape index (κ1) is 17.6. The largest absolute Gasteiger partial charge is 0.365 e. The quantitative estimate of drug-likeness (QED) is 0.884. The third-order valence-electron chi connectivity index (χ3n) is 3.95. The highest BCUT2D eigenvalue weighted by Gasteiger charge is 2.25. The summed E-state index contributed by atoms with van der Waals surface area (Å²) >= 11 is 7.21. The summed E-state index contributed by atoms with van der Waals surface area (Å²) in [4.78, 5) is 36.9. The van der Waals surface area contributed by atoms with Crippen molar-refractivity contribution in [2.24, 2.45) is 0 Å². The average Bonchev–Trinajstić information content (AvgIpc) is 2.98. The second kappa shape index (κ2) is 7.79. The number of hydrogen-bond acceptors (Lipinski definition) is 6. The van der Waals surface area contributed by atoms with Crippen LogP contribution in [0.2, 0.25) is 5.02 Å². The molecule has 25 heavy (non-hydrogen) atoms. The molecule has 0 spiro atoms. The van der Waals surface area contributed by atoms with Gasteiger partial charge in [0.1, 0.15) is 11.4 Å². The molecule has 0 saturated carbocycles. The fourth-order valence-corrected chi connectivity index (χ4v) is 3.39. The normalized spacial score (nSPS) is 15.0. The van der Waals surface area contributed by atoms with Crippen molar-refractivity contribution in [2.45, 2.75) is 6.42 Å². The third kappa shape index (κ3) is 4.08. The molecule has 7 nitrogen and oxygen atoms in total. The summed E-state index contributed by atoms with van der Waals surface area (Å²) in [5.41, 5.74) is 0.802. The van der Waals surface area contributed by atoms with E-state index in [1.54, 1.807) is 34.4 Å². The van der Waals surface area contributed by atoms with Gasteiger partial charge in [-0.05, 0) is 18.6 Å². The van der Waals surface area contributed by atoms with Crippen LogP contribution in [-0.2, 0) is 0 Å². The summed E-state index contributed by atoms with van der Waals surface area (Å²) < 4.78 is 0. The number of pyridine rings is 1. The van der Waals surface area contributed by atoms with Gasteiger partial charge in [0.25, 0.3) is 11.8 Å². The van der Waals surface area contributed by atoms with Gasteiger partial charge in [-0.25, -0.2) is 9.97 Å². The first-order chi connectivity index (χ1) is 12.1. The molecule has 3 rings (SSSR count). The molecule has 1 aliphatic rings. The lowest BCUT2D eigenvalue weighted by atomic mass is 10.3. The molecule has 1 N–H and O–H groups in total. The molecule has 132 valence electrons. The first-order valence-electron chi connectivity index (χ1n) is 7.92. The van der Waals surface area contributed by atoms with Crippen molar-refractivity contribution in [1.82, 2.24) is 19.8 Å². The average molecular weight is 380 g/mol. The Kier molecular flexibility index (Phi) is 5.50. The second-order valence-electron chi connectivity index (χ2n) is 5.59. The topological polar surface area (TPSA) is 78.4 Å². The maximum absolute atomic E-state index is 12.6. The van der Waals surface area contributed by atoms with Crippen molar-refractivity contribution in [3.05, 3.63) is 40.1 Å². The monoisotopic (exact) mass is 379 g/mol. The van der Waals surface area contributed by atoms with E-state index < -0.39 is 0 Å². The van der Waals surface area contributed by atoms with Crippen molar-refractivity contribution < 1.29 is 9.59 Å². The van der Waals surface area contributed by atoms with Crippen LogP contribution in [0.1, 0.15) is 27.4 Å². The summed E-state index contributed by atoms with van der Waals surface area (Å²) in [5.74, 6) is -0.242. The molecular formula is C16H18ClN5O2S. The van der Waals surface area contributed by atoms with Crippen molar-refractivity contribution in [3.8, 4) is 0 Å². The van der Waals surface area contributed by atoms with Gasteiger partial charge in [0, 0.05) is 44.8 Å². The van der Waals surface area contributed by atoms with E-state index in [2.05, 4.69) is 15.3 Å². The Bertz CT molecular complexity index is 764. The number of amides is 2. The molecule has 0 unspecified atom stereocenters. The van der Waals surface area contributed by atoms with Gasteiger partial charge >= 0.3 is 0 Å². The highest BCUT2D eigenvalue weighted by atomic mass is 35.5. The molecule has 0 atom stereocenters. The van der Waals surface area contributed by atoms with Crippen LogP contribution in [-0.4, -0.2) is 64.8 Å². The summed E-state index contributed by atoms with van der Waals surface area (Å²) in [6.07, 6.45) is 2.18. The Balaban J connectivity index is 1.64. The summed E-state index contributed by atoms with van der Waals surface area (Å²) in [5, 5.41) is 5.88. The number of aromatic nitrogens is 2. The molecule has 1 fully saturated rings. The predicted octanol–water partition coefficient (Wildman–Crippen LogP) is 2.22. The van der Waals surface area contributed by atoms with E-state index in [-0.39, 0.29) is 11.8 Å². The van der Waals surface area contributed by atoms with Gasteiger partial charge in [0.2, 0.25) is 0 Å². The molecule has 0 aliphatic carbocycles. The van der Waals surface area contributed by atoms with Crippen LogP contribution in [0, 0.1) is 0 Å². The molecule has 0 bridgehead atoms. The molecule has 2 aromatic heterocycles. The number of halogens is 1. The number of thiazole rings is 1. The zero-order chi connectivity index (χ0) is 17.8. The Morgan fingerprint density at radius 3 is 2.36 bits per heavy atom. The molecule has 3 heterocycles. The minimum Gasteiger partial charge on any atom is -0.365 e. The van der Waals surface area contributed by atoms with E-state index in [0.29, 0.717) is 54.1 Å². The fourth-order valence-electron chi connectivity index (χ4n) is 2.64. The van der Waals surface area contributed by atoms with Crippen LogP contribution in [0.15, 0.2) is 23.7 Å². The van der Waals surface area contributed by atoms with Crippen molar-refractivity contribution >= 4 is 39.9 Å². The summed E-state index contributed by atoms with van der Waals surface area (Å²) in [6, 6.07) is 3.27. The number of anilines is 1. The van der Waals surface area contributed by atoms with E-state index in [1.807, 2.05) is 0 Å². The van der Waals surface area contributed by atoms with E-state index in [9.17, 15) is 9.59 Å². The fraction of sp³-hybridized carbons (Fsp3) is 0.375. The number of carbonyl (C=O) groups excluding carboxylic acids is 2. The second-order valence-corrected chi connectivity index (χ2v) is 6.88. The summed E-state index contributed by atoms with van der Waals surface area (Å²) in [7, 11) is 1.77. The number of nitrogens with one attached hydrogen (secondary N) is 1. The van der Waals surface area contributed by atoms with Gasteiger partial charge in [0.15, 0.2) is 5.13 Å². The van der Waals surface area contributed by atoms with Gasteiger partial charge in [-0.1, -0.05) is 11.6 Å². The summed E-state index contributed by atoms with van der Waals surface area (Å²) in [6.45, 7) is 2.14. The zero-order valence-corrected chi connectivity index (χ0v) is 15.3. The maximum atomic E-state index is 12.6. The van der Waals surface area contributed by atoms with E-state index in [0.717, 1.165) is 0 Å². The standard InChI is InChI=1S/C16H18ClN5O2S/c1-18-16-20-13(10-25-16)15(24)22-6-2-5-21(7-8-22)14(23)12-4-3-11(17)9-19-12/h3-4,9-10H,2,5-8H2,1H3,(H,18,20). The maximum Gasteiger partial charge on any atom is 0.273 e. The zero-order valence-electron chi connectivity index (χ0n) is 13.7. The Hall–Kier alpha value is -2.19. The molecule has 0 aromatic carbocycles. The van der Waals surface area contributed by atoms with E-state index >= 15 is 0 Å². The van der Waals surface area contributed by atoms with Gasteiger partial charge < -0.3 is 15.1 Å². The molecule has 2 aromatic rings. The molecule has 1 aliphatic heterocycles. The van der Waals surface area contributed by atoms with E-state index in [1.165, 1.54) is 17.5 Å². The van der Waals surface area contributed by atoms with Crippen LogP contribution >= 0.6 is 22.9 Å². The smallest absolute Gasteiger partial charge is 0.273 e. The van der Waals surface area contributed by atoms with Gasteiger partial charge in [-0.3, -0.25) is 9.59 Å². The third-order valence-corrected chi connectivity index (χ3v) is 5.04. The molecule has 0 radical (unpaired) electrons. The molecule has 9 heteroatoms. The van der Waals surface area contributed by atoms with E-state index in [4.69, 9.17) is 11.6 Å². The Labute approximate surface area is 154 Å². The molecule has 2 amide bonds. The highest BCUT2D eigenvalue weighted by molar-refractivity contribution is 7.13. The van der Waals surface area contributed by atoms with Crippen molar-refractivity contribution in [1.29, 1.82) is 0 Å². The van der Waals surface area contributed by atoms with Gasteiger partial charge in [-0.2, -0.15) is 0 Å². The Morgan fingerprint density at radius 2 is 1.80 bits per heavy atom. The van der Waals surface area contributed by atoms with Crippen molar-refractivity contribution in [2.75, 3.05) is 38.5 Å². The van der Waals surface area contributed by atoms with Crippen LogP contribution in [0.5, 0.6) is 0 Å². The van der Waals surface area contributed by atoms with Crippen LogP contribution in [0.3, 0.4) is 0 Å². The lowest BCUT2D eigenvalue weighted by Crippen LogP contribution is -2.37. The molecule has 1 saturated heterocycles. The number of hydrogen-bond donors (Lipinski definition) is 1. The lowest BCUT2D eigenvalue weighted by Gasteiger charge is -2.21. The number of nitrogens with zero attached hydrogens (tertiary/aromatic N) is 4. The SMILES string of the molecule is CNc1nc(C(=O)N2CCCN(C(=O)c3ccc(Cl)cn3)CC2)cs1. The van der Waals surface area contributed by atoms with Crippen LogP contribution in [0.25, 0.3) is 0 Å². The lowest BCUT2D eigenvalue weighted by molar-refractivity contribution is 0.0713. The minimum atomic E-state index is -0.142. The Morgan fingerprint density at radius 1 is 1.12 bits per heavy atom. The van der Waals surface area contributed by atoms with Crippen LogP contribution < -0.4 is 5.32 Å². The van der Waals surface area contributed by atoms with Crippen molar-refractivity contribution in [3.63, 3.8) is 0 Å². The first-order valence-corrected chi connectivity index (χ1v) is 9.17. The van der Waals surface area contributed by atoms with Gasteiger partial charge in [-0.15, -0.1) is 11.3 Å². The minimum absolute atomic E-state index is 0.100. The highest BCUT2D eigenvalue weighted by Crippen LogP contribution is 2.17.